The highest BCUT2D eigenvalue weighted by molar-refractivity contribution is 6.00. The van der Waals surface area contributed by atoms with E-state index < -0.39 is 0 Å². The van der Waals surface area contributed by atoms with Gasteiger partial charge in [-0.2, -0.15) is 0 Å². The molecule has 4 rings (SSSR count). The monoisotopic (exact) mass is 561 g/mol. The molecule has 41 heavy (non-hydrogen) atoms. The number of nitrogens with one attached hydrogen (secondary N) is 1. The molecular weight excluding hydrogens is 518 g/mol. The van der Waals surface area contributed by atoms with Gasteiger partial charge in [-0.3, -0.25) is 29.4 Å². The number of anilines is 2. The molecule has 2 aromatic rings. The molecule has 1 unspecified atom stereocenters. The van der Waals surface area contributed by atoms with Crippen LogP contribution < -0.4 is 15.1 Å². The molecule has 2 aliphatic rings. The van der Waals surface area contributed by atoms with E-state index in [4.69, 9.17) is 0 Å². The summed E-state index contributed by atoms with van der Waals surface area (Å²) in [7, 11) is 4.06. The Bertz CT molecular complexity index is 1210. The van der Waals surface area contributed by atoms with E-state index in [-0.39, 0.29) is 17.9 Å². The van der Waals surface area contributed by atoms with Crippen LogP contribution in [-0.4, -0.2) is 93.6 Å². The van der Waals surface area contributed by atoms with Crippen molar-refractivity contribution < 1.29 is 19.2 Å². The van der Waals surface area contributed by atoms with Crippen molar-refractivity contribution in [1.29, 1.82) is 0 Å². The zero-order valence-corrected chi connectivity index (χ0v) is 24.6. The van der Waals surface area contributed by atoms with E-state index in [1.54, 1.807) is 0 Å². The highest BCUT2D eigenvalue weighted by atomic mass is 16.2. The topological polar surface area (TPSA) is 93.3 Å². The maximum atomic E-state index is 12.3. The Morgan fingerprint density at radius 3 is 2.32 bits per heavy atom. The van der Waals surface area contributed by atoms with E-state index in [9.17, 15) is 19.2 Å². The number of hydrogen-bond donors (Lipinski definition) is 1. The molecule has 0 radical (unpaired) electrons. The molecule has 0 spiro atoms. The fourth-order valence-electron chi connectivity index (χ4n) is 5.95. The van der Waals surface area contributed by atoms with Crippen molar-refractivity contribution in [3.8, 4) is 0 Å². The molecule has 1 atom stereocenters. The summed E-state index contributed by atoms with van der Waals surface area (Å²) in [5.74, 6) is 0.135. The lowest BCUT2D eigenvalue weighted by atomic mass is 9.95. The standard InChI is InChI=1S/C32H43N5O4/c1-4-36(28-8-5-25(22-38)6-9-28)18-17-34(2)20-24-13-15-37(16-14-24)29-10-7-26(23-39)27(19-29)21-35(3)30-11-12-31(40)33-32(30)41/h5-10,19,22-24,30H,4,11-18,20-21H2,1-3H3,(H,33,40,41). The number of hydrogen-bond acceptors (Lipinski definition) is 8. The second kappa shape index (κ2) is 14.4. The summed E-state index contributed by atoms with van der Waals surface area (Å²) in [5, 5.41) is 2.42. The number of piperidine rings is 2. The third-order valence-corrected chi connectivity index (χ3v) is 8.49. The van der Waals surface area contributed by atoms with Crippen LogP contribution in [0.15, 0.2) is 42.5 Å². The average Bonchev–Trinajstić information content (AvgIpc) is 2.98. The first kappa shape index (κ1) is 30.4. The van der Waals surface area contributed by atoms with Gasteiger partial charge in [0.25, 0.3) is 0 Å². The minimum absolute atomic E-state index is 0.227. The molecular formula is C32H43N5O4. The third-order valence-electron chi connectivity index (χ3n) is 8.49. The summed E-state index contributed by atoms with van der Waals surface area (Å²) in [5.41, 5.74) is 4.47. The lowest BCUT2D eigenvalue weighted by Gasteiger charge is -2.36. The fraction of sp³-hybridized carbons (Fsp3) is 0.500. The van der Waals surface area contributed by atoms with E-state index in [0.29, 0.717) is 36.4 Å². The molecule has 2 amide bonds. The normalized spacial score (nSPS) is 18.1. The number of benzene rings is 2. The molecule has 220 valence electrons. The van der Waals surface area contributed by atoms with Gasteiger partial charge in [0.1, 0.15) is 12.6 Å². The van der Waals surface area contributed by atoms with Crippen LogP contribution in [0.2, 0.25) is 0 Å². The van der Waals surface area contributed by atoms with Gasteiger partial charge in [-0.05, 0) is 94.2 Å². The SMILES string of the molecule is CCN(CCN(C)CC1CCN(c2ccc(C=O)c(CN(C)C3CCC(=O)NC3=O)c2)CC1)c1ccc(C=O)cc1. The lowest BCUT2D eigenvalue weighted by Crippen LogP contribution is -2.51. The zero-order valence-electron chi connectivity index (χ0n) is 24.6. The number of likely N-dealkylation sites (N-methyl/N-ethyl adjacent to an activating group) is 3. The molecule has 0 saturated carbocycles. The van der Waals surface area contributed by atoms with Gasteiger partial charge < -0.3 is 14.7 Å². The molecule has 2 aliphatic heterocycles. The van der Waals surface area contributed by atoms with Crippen LogP contribution in [-0.2, 0) is 16.1 Å². The molecule has 1 N–H and O–H groups in total. The van der Waals surface area contributed by atoms with Gasteiger partial charge in [0.15, 0.2) is 0 Å². The van der Waals surface area contributed by atoms with Gasteiger partial charge in [0.2, 0.25) is 11.8 Å². The quantitative estimate of drug-likeness (QED) is 0.294. The molecule has 2 saturated heterocycles. The summed E-state index contributed by atoms with van der Waals surface area (Å²) in [6.45, 7) is 8.43. The molecule has 2 aromatic carbocycles. The summed E-state index contributed by atoms with van der Waals surface area (Å²) < 4.78 is 0. The summed E-state index contributed by atoms with van der Waals surface area (Å²) in [6, 6.07) is 13.4. The van der Waals surface area contributed by atoms with Gasteiger partial charge in [-0.15, -0.1) is 0 Å². The maximum absolute atomic E-state index is 12.3. The van der Waals surface area contributed by atoms with E-state index >= 15 is 0 Å². The van der Waals surface area contributed by atoms with Crippen LogP contribution in [0, 0.1) is 5.92 Å². The smallest absolute Gasteiger partial charge is 0.243 e. The molecule has 2 heterocycles. The van der Waals surface area contributed by atoms with Gasteiger partial charge in [0.05, 0.1) is 6.04 Å². The van der Waals surface area contributed by atoms with Crippen LogP contribution in [0.5, 0.6) is 0 Å². The van der Waals surface area contributed by atoms with Crippen molar-refractivity contribution in [3.05, 3.63) is 59.2 Å². The Morgan fingerprint density at radius 2 is 1.68 bits per heavy atom. The van der Waals surface area contributed by atoms with Gasteiger partial charge >= 0.3 is 0 Å². The number of carbonyl (C=O) groups is 4. The Balaban J connectivity index is 1.28. The zero-order chi connectivity index (χ0) is 29.4. The third kappa shape index (κ3) is 8.01. The van der Waals surface area contributed by atoms with Crippen molar-refractivity contribution in [2.45, 2.75) is 45.2 Å². The van der Waals surface area contributed by atoms with Gasteiger partial charge in [-0.25, -0.2) is 0 Å². The van der Waals surface area contributed by atoms with Gasteiger partial charge in [-0.1, -0.05) is 0 Å². The van der Waals surface area contributed by atoms with Crippen LogP contribution in [0.4, 0.5) is 11.4 Å². The first-order valence-electron chi connectivity index (χ1n) is 14.7. The molecule has 0 aliphatic carbocycles. The van der Waals surface area contributed by atoms with Gasteiger partial charge in [0, 0.05) is 74.7 Å². The lowest BCUT2D eigenvalue weighted by molar-refractivity contribution is -0.137. The van der Waals surface area contributed by atoms with Crippen LogP contribution in [0.3, 0.4) is 0 Å². The Labute approximate surface area is 243 Å². The van der Waals surface area contributed by atoms with Crippen molar-refractivity contribution in [1.82, 2.24) is 15.1 Å². The van der Waals surface area contributed by atoms with Crippen LogP contribution in [0.25, 0.3) is 0 Å². The number of carbonyl (C=O) groups excluding carboxylic acids is 4. The first-order chi connectivity index (χ1) is 19.8. The minimum atomic E-state index is -0.379. The Kier molecular flexibility index (Phi) is 10.7. The van der Waals surface area contributed by atoms with Crippen LogP contribution >= 0.6 is 0 Å². The predicted octanol–water partition coefficient (Wildman–Crippen LogP) is 3.22. The largest absolute Gasteiger partial charge is 0.372 e. The second-order valence-corrected chi connectivity index (χ2v) is 11.4. The summed E-state index contributed by atoms with van der Waals surface area (Å²) in [6.07, 6.45) is 4.79. The fourth-order valence-corrected chi connectivity index (χ4v) is 5.95. The number of imide groups is 1. The number of nitrogens with zero attached hydrogens (tertiary/aromatic N) is 4. The van der Waals surface area contributed by atoms with Crippen molar-refractivity contribution in [2.24, 2.45) is 5.92 Å². The van der Waals surface area contributed by atoms with E-state index in [1.165, 1.54) is 0 Å². The van der Waals surface area contributed by atoms with Crippen molar-refractivity contribution >= 4 is 35.8 Å². The van der Waals surface area contributed by atoms with E-state index in [1.807, 2.05) is 48.3 Å². The Morgan fingerprint density at radius 1 is 0.951 bits per heavy atom. The highest BCUT2D eigenvalue weighted by Gasteiger charge is 2.30. The number of rotatable bonds is 13. The molecule has 9 nitrogen and oxygen atoms in total. The second-order valence-electron chi connectivity index (χ2n) is 11.4. The minimum Gasteiger partial charge on any atom is -0.372 e. The summed E-state index contributed by atoms with van der Waals surface area (Å²) in [4.78, 5) is 55.7. The molecule has 0 bridgehead atoms. The molecule has 0 aromatic heterocycles. The van der Waals surface area contributed by atoms with E-state index in [0.717, 1.165) is 81.6 Å². The number of amides is 2. The molecule has 9 heteroatoms. The Hall–Kier alpha value is -3.56. The first-order valence-corrected chi connectivity index (χ1v) is 14.7. The number of aldehydes is 2. The van der Waals surface area contributed by atoms with Crippen molar-refractivity contribution in [2.75, 3.05) is 63.2 Å². The van der Waals surface area contributed by atoms with Crippen molar-refractivity contribution in [3.63, 3.8) is 0 Å². The van der Waals surface area contributed by atoms with Crippen LogP contribution in [0.1, 0.15) is 58.9 Å². The average molecular weight is 562 g/mol. The maximum Gasteiger partial charge on any atom is 0.243 e. The molecule has 2 fully saturated rings. The van der Waals surface area contributed by atoms with E-state index in [2.05, 4.69) is 40.1 Å². The predicted molar refractivity (Wildman–Crippen MR) is 162 cm³/mol. The summed E-state index contributed by atoms with van der Waals surface area (Å²) >= 11 is 0. The highest BCUT2D eigenvalue weighted by Crippen LogP contribution is 2.27.